The van der Waals surface area contributed by atoms with Crippen molar-refractivity contribution in [1.29, 1.82) is 0 Å². The minimum atomic E-state index is -0.475. The minimum absolute atomic E-state index is 0.134. The van der Waals surface area contributed by atoms with Crippen LogP contribution in [0.4, 0.5) is 8.78 Å². The summed E-state index contributed by atoms with van der Waals surface area (Å²) in [7, 11) is 0. The van der Waals surface area contributed by atoms with Crippen LogP contribution in [0.5, 0.6) is 0 Å². The van der Waals surface area contributed by atoms with Gasteiger partial charge in [-0.2, -0.15) is 0 Å². The number of hydrogen-bond acceptors (Lipinski definition) is 2. The van der Waals surface area contributed by atoms with E-state index in [4.69, 9.17) is 0 Å². The Kier molecular flexibility index (Phi) is 3.47. The van der Waals surface area contributed by atoms with Crippen LogP contribution in [0.25, 0.3) is 10.1 Å². The van der Waals surface area contributed by atoms with Gasteiger partial charge in [0.15, 0.2) is 0 Å². The summed E-state index contributed by atoms with van der Waals surface area (Å²) in [6, 6.07) is 10.8. The fourth-order valence-corrected chi connectivity index (χ4v) is 4.79. The molecule has 0 aliphatic carbocycles. The van der Waals surface area contributed by atoms with Gasteiger partial charge < -0.3 is 5.32 Å². The van der Waals surface area contributed by atoms with Gasteiger partial charge in [-0.15, -0.1) is 11.3 Å². The molecule has 0 saturated heterocycles. The van der Waals surface area contributed by atoms with E-state index in [1.807, 2.05) is 12.1 Å². The molecule has 4 heteroatoms. The molecule has 0 spiro atoms. The standard InChI is InChI=1S/C19H17F2NS/c1-10-7-14(20)17(15(21)8-10)18-19-13(9-11(2)22-18)12-5-3-4-6-16(12)23-19/h3-8,11,18,22H,9H2,1-2H3. The molecule has 2 aromatic carbocycles. The highest BCUT2D eigenvalue weighted by molar-refractivity contribution is 7.19. The second-order valence-electron chi connectivity index (χ2n) is 6.29. The van der Waals surface area contributed by atoms with Gasteiger partial charge in [0.25, 0.3) is 0 Å². The monoisotopic (exact) mass is 329 g/mol. The first-order chi connectivity index (χ1) is 11.0. The van der Waals surface area contributed by atoms with E-state index in [1.165, 1.54) is 27.8 Å². The number of aryl methyl sites for hydroxylation is 1. The van der Waals surface area contributed by atoms with Crippen molar-refractivity contribution in [3.63, 3.8) is 0 Å². The number of halogens is 2. The Balaban J connectivity index is 1.95. The Morgan fingerprint density at radius 3 is 2.57 bits per heavy atom. The van der Waals surface area contributed by atoms with Crippen LogP contribution in [-0.2, 0) is 6.42 Å². The summed E-state index contributed by atoms with van der Waals surface area (Å²) in [4.78, 5) is 1.03. The number of rotatable bonds is 1. The molecular weight excluding hydrogens is 312 g/mol. The summed E-state index contributed by atoms with van der Waals surface area (Å²) in [6.07, 6.45) is 0.880. The van der Waals surface area contributed by atoms with Crippen molar-refractivity contribution in [1.82, 2.24) is 5.32 Å². The molecule has 2 atom stereocenters. The van der Waals surface area contributed by atoms with E-state index in [1.54, 1.807) is 18.3 Å². The largest absolute Gasteiger partial charge is 0.303 e. The summed E-state index contributed by atoms with van der Waals surface area (Å²) in [5, 5.41) is 4.59. The van der Waals surface area contributed by atoms with Crippen molar-refractivity contribution < 1.29 is 8.78 Å². The quantitative estimate of drug-likeness (QED) is 0.654. The summed E-state index contributed by atoms with van der Waals surface area (Å²) >= 11 is 1.63. The van der Waals surface area contributed by atoms with E-state index in [0.29, 0.717) is 5.56 Å². The highest BCUT2D eigenvalue weighted by atomic mass is 32.1. The first kappa shape index (κ1) is 14.8. The van der Waals surface area contributed by atoms with Crippen molar-refractivity contribution in [3.8, 4) is 0 Å². The van der Waals surface area contributed by atoms with Gasteiger partial charge in [0.05, 0.1) is 6.04 Å². The Labute approximate surface area is 138 Å². The van der Waals surface area contributed by atoms with Gasteiger partial charge in [-0.1, -0.05) is 18.2 Å². The third-order valence-electron chi connectivity index (χ3n) is 4.47. The second kappa shape index (κ2) is 5.39. The van der Waals surface area contributed by atoms with E-state index in [0.717, 1.165) is 11.3 Å². The zero-order valence-corrected chi connectivity index (χ0v) is 13.8. The van der Waals surface area contributed by atoms with Gasteiger partial charge in [-0.05, 0) is 55.0 Å². The zero-order chi connectivity index (χ0) is 16.1. The molecule has 1 N–H and O–H groups in total. The van der Waals surface area contributed by atoms with E-state index in [9.17, 15) is 8.78 Å². The first-order valence-electron chi connectivity index (χ1n) is 7.76. The van der Waals surface area contributed by atoms with Crippen LogP contribution < -0.4 is 5.32 Å². The second-order valence-corrected chi connectivity index (χ2v) is 7.37. The molecule has 1 aromatic heterocycles. The predicted octanol–water partition coefficient (Wildman–Crippen LogP) is 5.11. The number of hydrogen-bond donors (Lipinski definition) is 1. The molecular formula is C19H17F2NS. The lowest BCUT2D eigenvalue weighted by atomic mass is 9.91. The molecule has 0 fully saturated rings. The van der Waals surface area contributed by atoms with Crippen LogP contribution in [0.15, 0.2) is 36.4 Å². The van der Waals surface area contributed by atoms with Crippen LogP contribution in [0.2, 0.25) is 0 Å². The molecule has 1 aliphatic heterocycles. The average molecular weight is 329 g/mol. The third kappa shape index (κ3) is 2.37. The topological polar surface area (TPSA) is 12.0 Å². The Morgan fingerprint density at radius 2 is 1.83 bits per heavy atom. The molecule has 4 rings (SSSR count). The number of nitrogens with one attached hydrogen (secondary N) is 1. The van der Waals surface area contributed by atoms with Gasteiger partial charge in [-0.25, -0.2) is 8.78 Å². The van der Waals surface area contributed by atoms with Crippen molar-refractivity contribution in [2.45, 2.75) is 32.4 Å². The predicted molar refractivity (Wildman–Crippen MR) is 91.1 cm³/mol. The van der Waals surface area contributed by atoms with Gasteiger partial charge in [0, 0.05) is 21.2 Å². The summed E-state index contributed by atoms with van der Waals surface area (Å²) in [5.41, 5.74) is 1.96. The maximum Gasteiger partial charge on any atom is 0.131 e. The third-order valence-corrected chi connectivity index (χ3v) is 5.74. The molecule has 3 aromatic rings. The summed E-state index contributed by atoms with van der Waals surface area (Å²) in [6.45, 7) is 3.77. The maximum absolute atomic E-state index is 14.5. The number of fused-ring (bicyclic) bond motifs is 3. The van der Waals surface area contributed by atoms with Crippen molar-refractivity contribution in [3.05, 3.63) is 69.6 Å². The van der Waals surface area contributed by atoms with Gasteiger partial charge in [0.2, 0.25) is 0 Å². The molecule has 1 nitrogen and oxygen atoms in total. The van der Waals surface area contributed by atoms with Crippen LogP contribution in [0, 0.1) is 18.6 Å². The average Bonchev–Trinajstić information content (AvgIpc) is 2.85. The number of benzene rings is 2. The number of thiophene rings is 1. The fraction of sp³-hybridized carbons (Fsp3) is 0.263. The van der Waals surface area contributed by atoms with Crippen LogP contribution in [0.1, 0.15) is 34.5 Å². The molecule has 0 radical (unpaired) electrons. The van der Waals surface area contributed by atoms with Crippen molar-refractivity contribution >= 4 is 21.4 Å². The van der Waals surface area contributed by atoms with Gasteiger partial charge in [0.1, 0.15) is 11.6 Å². The van der Waals surface area contributed by atoms with Crippen LogP contribution in [0.3, 0.4) is 0 Å². The van der Waals surface area contributed by atoms with Crippen molar-refractivity contribution in [2.24, 2.45) is 0 Å². The van der Waals surface area contributed by atoms with Crippen molar-refractivity contribution in [2.75, 3.05) is 0 Å². The highest BCUT2D eigenvalue weighted by Crippen LogP contribution is 2.42. The van der Waals surface area contributed by atoms with Crippen LogP contribution in [-0.4, -0.2) is 6.04 Å². The molecule has 0 amide bonds. The molecule has 118 valence electrons. The Hall–Kier alpha value is -1.78. The lowest BCUT2D eigenvalue weighted by Gasteiger charge is -2.30. The highest BCUT2D eigenvalue weighted by Gasteiger charge is 2.32. The molecule has 2 heterocycles. The Morgan fingerprint density at radius 1 is 1.13 bits per heavy atom. The molecule has 23 heavy (non-hydrogen) atoms. The summed E-state index contributed by atoms with van der Waals surface area (Å²) in [5.74, 6) is -0.949. The molecule has 0 bridgehead atoms. The lowest BCUT2D eigenvalue weighted by Crippen LogP contribution is -2.38. The minimum Gasteiger partial charge on any atom is -0.303 e. The van der Waals surface area contributed by atoms with E-state index in [2.05, 4.69) is 24.4 Å². The van der Waals surface area contributed by atoms with Crippen LogP contribution >= 0.6 is 11.3 Å². The Bertz CT molecular complexity index is 877. The molecule has 1 aliphatic rings. The molecule has 0 saturated carbocycles. The summed E-state index contributed by atoms with van der Waals surface area (Å²) < 4.78 is 30.2. The molecule has 2 unspecified atom stereocenters. The zero-order valence-electron chi connectivity index (χ0n) is 13.0. The lowest BCUT2D eigenvalue weighted by molar-refractivity contribution is 0.439. The smallest absolute Gasteiger partial charge is 0.131 e. The van der Waals surface area contributed by atoms with E-state index in [-0.39, 0.29) is 11.6 Å². The normalized spacial score (nSPS) is 20.7. The van der Waals surface area contributed by atoms with Gasteiger partial charge >= 0.3 is 0 Å². The van der Waals surface area contributed by atoms with E-state index >= 15 is 0 Å². The first-order valence-corrected chi connectivity index (χ1v) is 8.58. The van der Waals surface area contributed by atoms with Gasteiger partial charge in [-0.3, -0.25) is 0 Å². The maximum atomic E-state index is 14.5. The van der Waals surface area contributed by atoms with E-state index < -0.39 is 17.7 Å². The SMILES string of the molecule is Cc1cc(F)c(C2NC(C)Cc3c2sc2ccccc32)c(F)c1. The fourth-order valence-electron chi connectivity index (χ4n) is 3.49.